The smallest absolute Gasteiger partial charge is 0.377 e. The van der Waals surface area contributed by atoms with Gasteiger partial charge in [-0.2, -0.15) is 13.2 Å². The first-order valence-corrected chi connectivity index (χ1v) is 9.81. The van der Waals surface area contributed by atoms with E-state index in [0.717, 1.165) is 23.0 Å². The zero-order valence-corrected chi connectivity index (χ0v) is 17.7. The predicted octanol–water partition coefficient (Wildman–Crippen LogP) is 5.00. The molecule has 9 heteroatoms. The number of benzene rings is 2. The average Bonchev–Trinajstić information content (AvgIpc) is 2.89. The SMILES string of the molecule is Cc1cc(-c2cccc(C3=Nc4cc(N(C)C)c(C(F)(F)F)cc4NC(=O)C3)c2)ncn1. The van der Waals surface area contributed by atoms with Crippen molar-refractivity contribution in [1.82, 2.24) is 9.97 Å². The van der Waals surface area contributed by atoms with Crippen molar-refractivity contribution in [2.75, 3.05) is 24.3 Å². The molecule has 0 bridgehead atoms. The maximum absolute atomic E-state index is 13.6. The second-order valence-corrected chi connectivity index (χ2v) is 7.69. The number of aryl methyl sites for hydroxylation is 1. The molecule has 0 saturated carbocycles. The average molecular weight is 439 g/mol. The lowest BCUT2D eigenvalue weighted by Gasteiger charge is -2.21. The molecular weight excluding hydrogens is 419 g/mol. The minimum absolute atomic E-state index is 0.0271. The van der Waals surface area contributed by atoms with Gasteiger partial charge in [0.15, 0.2) is 0 Å². The van der Waals surface area contributed by atoms with Crippen molar-refractivity contribution in [1.29, 1.82) is 0 Å². The molecule has 0 fully saturated rings. The number of nitrogens with zero attached hydrogens (tertiary/aromatic N) is 4. The van der Waals surface area contributed by atoms with Crippen LogP contribution in [0.5, 0.6) is 0 Å². The Morgan fingerprint density at radius 1 is 1.03 bits per heavy atom. The number of carbonyl (C=O) groups is 1. The molecular formula is C23H20F3N5O. The highest BCUT2D eigenvalue weighted by Crippen LogP contribution is 2.43. The zero-order valence-electron chi connectivity index (χ0n) is 17.7. The van der Waals surface area contributed by atoms with E-state index in [1.807, 2.05) is 37.3 Å². The molecule has 0 aliphatic carbocycles. The van der Waals surface area contributed by atoms with Gasteiger partial charge in [0, 0.05) is 25.4 Å². The number of amides is 1. The number of rotatable bonds is 3. The fraction of sp³-hybridized carbons (Fsp3) is 0.217. The number of aliphatic imine (C=N–C) groups is 1. The van der Waals surface area contributed by atoms with E-state index < -0.39 is 17.6 Å². The number of halogens is 3. The van der Waals surface area contributed by atoms with Crippen molar-refractivity contribution >= 4 is 28.7 Å². The molecule has 0 spiro atoms. The van der Waals surface area contributed by atoms with Gasteiger partial charge in [-0.3, -0.25) is 9.79 Å². The zero-order chi connectivity index (χ0) is 23.0. The lowest BCUT2D eigenvalue weighted by Crippen LogP contribution is -2.18. The Balaban J connectivity index is 1.83. The number of nitrogens with one attached hydrogen (secondary N) is 1. The van der Waals surface area contributed by atoms with Crippen LogP contribution in [-0.4, -0.2) is 35.7 Å². The predicted molar refractivity (Wildman–Crippen MR) is 117 cm³/mol. The Morgan fingerprint density at radius 2 is 1.78 bits per heavy atom. The third kappa shape index (κ3) is 4.32. The Labute approximate surface area is 182 Å². The van der Waals surface area contributed by atoms with Crippen LogP contribution in [0.1, 0.15) is 23.2 Å². The van der Waals surface area contributed by atoms with Gasteiger partial charge in [-0.15, -0.1) is 0 Å². The second-order valence-electron chi connectivity index (χ2n) is 7.69. The Kier molecular flexibility index (Phi) is 5.41. The van der Waals surface area contributed by atoms with Gasteiger partial charge in [-0.05, 0) is 36.8 Å². The van der Waals surface area contributed by atoms with Crippen molar-refractivity contribution in [2.45, 2.75) is 19.5 Å². The first kappa shape index (κ1) is 21.5. The maximum atomic E-state index is 13.6. The van der Waals surface area contributed by atoms with Crippen LogP contribution in [0.3, 0.4) is 0 Å². The van der Waals surface area contributed by atoms with Crippen LogP contribution >= 0.6 is 0 Å². The molecule has 2 heterocycles. The van der Waals surface area contributed by atoms with Crippen LogP contribution < -0.4 is 10.2 Å². The first-order chi connectivity index (χ1) is 15.1. The summed E-state index contributed by atoms with van der Waals surface area (Å²) in [5, 5.41) is 2.56. The van der Waals surface area contributed by atoms with Crippen LogP contribution in [0.25, 0.3) is 11.3 Å². The lowest BCUT2D eigenvalue weighted by atomic mass is 10.0. The highest BCUT2D eigenvalue weighted by molar-refractivity contribution is 6.17. The van der Waals surface area contributed by atoms with Crippen molar-refractivity contribution < 1.29 is 18.0 Å². The molecule has 6 nitrogen and oxygen atoms in total. The lowest BCUT2D eigenvalue weighted by molar-refractivity contribution is -0.137. The summed E-state index contributed by atoms with van der Waals surface area (Å²) in [6, 6.07) is 11.5. The number of alkyl halides is 3. The molecule has 0 radical (unpaired) electrons. The van der Waals surface area contributed by atoms with E-state index in [4.69, 9.17) is 0 Å². The summed E-state index contributed by atoms with van der Waals surface area (Å²) in [5.41, 5.74) is 2.95. The Bertz CT molecular complexity index is 1230. The summed E-state index contributed by atoms with van der Waals surface area (Å²) in [4.78, 5) is 26.9. The van der Waals surface area contributed by atoms with E-state index in [-0.39, 0.29) is 23.5 Å². The molecule has 2 aromatic carbocycles. The van der Waals surface area contributed by atoms with Crippen LogP contribution in [-0.2, 0) is 11.0 Å². The fourth-order valence-corrected chi connectivity index (χ4v) is 3.54. The number of fused-ring (bicyclic) bond motifs is 1. The standard InChI is InChI=1S/C23H20F3N5O/c1-13-7-17(28-12-27-13)14-5-4-6-15(8-14)18-11-22(32)30-19-9-16(23(24,25)26)21(31(2)3)10-20(19)29-18/h4-10,12H,11H2,1-3H3,(H,30,32). The molecule has 1 amide bonds. The summed E-state index contributed by atoms with van der Waals surface area (Å²) in [6.07, 6.45) is -3.16. The van der Waals surface area contributed by atoms with Gasteiger partial charge in [0.05, 0.1) is 40.5 Å². The quantitative estimate of drug-likeness (QED) is 0.624. The molecule has 4 rings (SSSR count). The second kappa shape index (κ2) is 8.07. The topological polar surface area (TPSA) is 70.5 Å². The Morgan fingerprint density at radius 3 is 2.47 bits per heavy atom. The van der Waals surface area contributed by atoms with E-state index in [2.05, 4.69) is 20.3 Å². The van der Waals surface area contributed by atoms with Gasteiger partial charge < -0.3 is 10.2 Å². The van der Waals surface area contributed by atoms with Crippen molar-refractivity contribution in [3.63, 3.8) is 0 Å². The molecule has 1 N–H and O–H groups in total. The van der Waals surface area contributed by atoms with Gasteiger partial charge in [0.2, 0.25) is 5.91 Å². The first-order valence-electron chi connectivity index (χ1n) is 9.81. The summed E-state index contributed by atoms with van der Waals surface area (Å²) in [5.74, 6) is -0.434. The molecule has 0 atom stereocenters. The van der Waals surface area contributed by atoms with Crippen LogP contribution in [0.4, 0.5) is 30.2 Å². The molecule has 3 aromatic rings. The van der Waals surface area contributed by atoms with Gasteiger partial charge in [-0.25, -0.2) is 9.97 Å². The molecule has 1 aliphatic rings. The summed E-state index contributed by atoms with van der Waals surface area (Å²) in [7, 11) is 3.06. The van der Waals surface area contributed by atoms with Gasteiger partial charge >= 0.3 is 6.18 Å². The minimum Gasteiger partial charge on any atom is -0.377 e. The van der Waals surface area contributed by atoms with Crippen molar-refractivity contribution in [3.05, 3.63) is 65.6 Å². The van der Waals surface area contributed by atoms with Crippen molar-refractivity contribution in [2.24, 2.45) is 4.99 Å². The number of carbonyl (C=O) groups excluding carboxylic acids is 1. The summed E-state index contributed by atoms with van der Waals surface area (Å²) in [6.45, 7) is 1.86. The number of hydrogen-bond acceptors (Lipinski definition) is 5. The number of anilines is 2. The van der Waals surface area contributed by atoms with Gasteiger partial charge in [0.25, 0.3) is 0 Å². The molecule has 164 valence electrons. The van der Waals surface area contributed by atoms with E-state index in [1.54, 1.807) is 0 Å². The highest BCUT2D eigenvalue weighted by atomic mass is 19.4. The maximum Gasteiger partial charge on any atom is 0.418 e. The normalized spacial score (nSPS) is 13.7. The van der Waals surface area contributed by atoms with Crippen LogP contribution in [0, 0.1) is 6.92 Å². The fourth-order valence-electron chi connectivity index (χ4n) is 3.54. The third-order valence-corrected chi connectivity index (χ3v) is 5.05. The highest BCUT2D eigenvalue weighted by Gasteiger charge is 2.36. The van der Waals surface area contributed by atoms with Gasteiger partial charge in [0.1, 0.15) is 6.33 Å². The largest absolute Gasteiger partial charge is 0.418 e. The van der Waals surface area contributed by atoms with Crippen LogP contribution in [0.2, 0.25) is 0 Å². The minimum atomic E-state index is -4.57. The molecule has 0 saturated heterocycles. The number of aromatic nitrogens is 2. The molecule has 1 aliphatic heterocycles. The monoisotopic (exact) mass is 439 g/mol. The van der Waals surface area contributed by atoms with Gasteiger partial charge in [-0.1, -0.05) is 18.2 Å². The summed E-state index contributed by atoms with van der Waals surface area (Å²) >= 11 is 0. The van der Waals surface area contributed by atoms with E-state index in [9.17, 15) is 18.0 Å². The van der Waals surface area contributed by atoms with Crippen molar-refractivity contribution in [3.8, 4) is 11.3 Å². The van der Waals surface area contributed by atoms with E-state index in [0.29, 0.717) is 11.3 Å². The molecule has 1 aromatic heterocycles. The van der Waals surface area contributed by atoms with E-state index >= 15 is 0 Å². The third-order valence-electron chi connectivity index (χ3n) is 5.05. The number of hydrogen-bond donors (Lipinski definition) is 1. The van der Waals surface area contributed by atoms with E-state index in [1.165, 1.54) is 31.4 Å². The summed E-state index contributed by atoms with van der Waals surface area (Å²) < 4.78 is 40.7. The van der Waals surface area contributed by atoms with Crippen LogP contribution in [0.15, 0.2) is 53.8 Å². The molecule has 0 unspecified atom stereocenters. The molecule has 32 heavy (non-hydrogen) atoms. The Hall–Kier alpha value is -3.75.